The maximum absolute atomic E-state index is 14.4. The van der Waals surface area contributed by atoms with Gasteiger partial charge in [0.25, 0.3) is 5.67 Å². The second-order valence-corrected chi connectivity index (χ2v) is 4.90. The maximum atomic E-state index is 14.4. The predicted molar refractivity (Wildman–Crippen MR) is 65.4 cm³/mol. The third kappa shape index (κ3) is 3.44. The van der Waals surface area contributed by atoms with E-state index < -0.39 is 70.7 Å². The quantitative estimate of drug-likeness (QED) is 0.467. The topological polar surface area (TPSA) is 158 Å². The van der Waals surface area contributed by atoms with Crippen LogP contribution < -0.4 is 0 Å². The van der Waals surface area contributed by atoms with Crippen molar-refractivity contribution in [1.29, 1.82) is 0 Å². The molecule has 0 aromatic heterocycles. The Balaban J connectivity index is 3.91. The first-order chi connectivity index (χ1) is 11.9. The molecule has 0 saturated carbocycles. The molecule has 150 valence electrons. The Labute approximate surface area is 142 Å². The van der Waals surface area contributed by atoms with Gasteiger partial charge >= 0.3 is 36.2 Å². The Morgan fingerprint density at radius 1 is 0.815 bits per heavy atom. The molecule has 0 bridgehead atoms. The SMILES string of the molecule is O=C(O)C1=CC(OC(F)(F)C(F)(F)F)(C(=O)O)C(C(=O)O)=CC1(F)C(=O)O. The molecular weight excluding hydrogens is 402 g/mol. The van der Waals surface area contributed by atoms with Crippen LogP contribution >= 0.6 is 0 Å². The smallest absolute Gasteiger partial charge is 0.479 e. The lowest BCUT2D eigenvalue weighted by Crippen LogP contribution is -2.57. The standard InChI is InChI=1S/C12H6F6O9/c13-9(7(23)24)1-4(6(21)22)10(8(25)26,2-3(9)5(19)20)27-12(17,18)11(14,15)16/h1-2H,(H,19,20)(H,21,22)(H,23,24)(H,25,26). The van der Waals surface area contributed by atoms with E-state index in [1.54, 1.807) is 0 Å². The summed E-state index contributed by atoms with van der Waals surface area (Å²) in [4.78, 5) is 44.4. The normalized spacial score (nSPS) is 26.0. The van der Waals surface area contributed by atoms with Crippen LogP contribution in [0.15, 0.2) is 23.3 Å². The molecule has 0 saturated heterocycles. The number of aliphatic carboxylic acids is 4. The zero-order chi connectivity index (χ0) is 21.6. The van der Waals surface area contributed by atoms with Crippen LogP contribution in [0, 0.1) is 0 Å². The summed E-state index contributed by atoms with van der Waals surface area (Å²) in [6.07, 6.45) is -14.5. The molecule has 1 aliphatic rings. The minimum Gasteiger partial charge on any atom is -0.479 e. The Hall–Kier alpha value is -3.10. The van der Waals surface area contributed by atoms with Gasteiger partial charge in [-0.25, -0.2) is 23.6 Å². The van der Waals surface area contributed by atoms with Crippen LogP contribution in [0.5, 0.6) is 0 Å². The van der Waals surface area contributed by atoms with Gasteiger partial charge in [0.1, 0.15) is 0 Å². The number of rotatable bonds is 6. The number of carbonyl (C=O) groups is 4. The van der Waals surface area contributed by atoms with E-state index in [1.165, 1.54) is 0 Å². The van der Waals surface area contributed by atoms with Gasteiger partial charge in [-0.2, -0.15) is 22.0 Å². The number of halogens is 6. The van der Waals surface area contributed by atoms with Crippen molar-refractivity contribution in [3.05, 3.63) is 23.3 Å². The van der Waals surface area contributed by atoms with Gasteiger partial charge in [-0.15, -0.1) is 0 Å². The zero-order valence-electron chi connectivity index (χ0n) is 12.3. The molecule has 15 heteroatoms. The molecule has 0 amide bonds. The Kier molecular flexibility index (Phi) is 5.08. The molecule has 4 N–H and O–H groups in total. The van der Waals surface area contributed by atoms with Crippen LogP contribution in [0.25, 0.3) is 0 Å². The second-order valence-electron chi connectivity index (χ2n) is 4.90. The van der Waals surface area contributed by atoms with Gasteiger partial charge in [0.2, 0.25) is 5.60 Å². The summed E-state index contributed by atoms with van der Waals surface area (Å²) < 4.78 is 81.0. The van der Waals surface area contributed by atoms with E-state index in [4.69, 9.17) is 20.4 Å². The van der Waals surface area contributed by atoms with Crippen molar-refractivity contribution in [3.63, 3.8) is 0 Å². The molecule has 0 fully saturated rings. The van der Waals surface area contributed by atoms with Gasteiger partial charge in [-0.3, -0.25) is 4.74 Å². The molecule has 0 spiro atoms. The first kappa shape index (κ1) is 21.9. The molecule has 0 heterocycles. The third-order valence-electron chi connectivity index (χ3n) is 3.19. The fourth-order valence-electron chi connectivity index (χ4n) is 1.95. The molecule has 0 radical (unpaired) electrons. The fourth-order valence-corrected chi connectivity index (χ4v) is 1.95. The third-order valence-corrected chi connectivity index (χ3v) is 3.19. The minimum absolute atomic E-state index is 0.748. The molecule has 0 aromatic rings. The predicted octanol–water partition coefficient (Wildman–Crippen LogP) is 0.810. The van der Waals surface area contributed by atoms with E-state index in [-0.39, 0.29) is 0 Å². The summed E-state index contributed by atoms with van der Waals surface area (Å²) >= 11 is 0. The van der Waals surface area contributed by atoms with E-state index in [0.717, 1.165) is 0 Å². The van der Waals surface area contributed by atoms with Crippen molar-refractivity contribution in [2.24, 2.45) is 0 Å². The summed E-state index contributed by atoms with van der Waals surface area (Å²) in [5.74, 6) is -10.9. The molecule has 0 aliphatic heterocycles. The molecule has 9 nitrogen and oxygen atoms in total. The molecule has 27 heavy (non-hydrogen) atoms. The Bertz CT molecular complexity index is 783. The van der Waals surface area contributed by atoms with Crippen molar-refractivity contribution in [2.75, 3.05) is 0 Å². The largest absolute Gasteiger partial charge is 0.483 e. The first-order valence-corrected chi connectivity index (χ1v) is 6.16. The van der Waals surface area contributed by atoms with Crippen LogP contribution in [0.1, 0.15) is 0 Å². The fraction of sp³-hybridized carbons (Fsp3) is 0.333. The average Bonchev–Trinajstić information content (AvgIpc) is 2.46. The van der Waals surface area contributed by atoms with E-state index in [9.17, 15) is 45.5 Å². The van der Waals surface area contributed by atoms with Gasteiger partial charge in [0, 0.05) is 0 Å². The van der Waals surface area contributed by atoms with Crippen molar-refractivity contribution in [3.8, 4) is 0 Å². The summed E-state index contributed by atoms with van der Waals surface area (Å²) in [7, 11) is 0. The highest BCUT2D eigenvalue weighted by atomic mass is 19.4. The number of ether oxygens (including phenoxy) is 1. The van der Waals surface area contributed by atoms with Crippen molar-refractivity contribution in [2.45, 2.75) is 23.6 Å². The first-order valence-electron chi connectivity index (χ1n) is 6.16. The van der Waals surface area contributed by atoms with Gasteiger partial charge in [0.05, 0.1) is 11.1 Å². The van der Waals surface area contributed by atoms with Crippen LogP contribution in [0.4, 0.5) is 26.3 Å². The number of carboxylic acid groups (broad SMARTS) is 4. The van der Waals surface area contributed by atoms with Crippen LogP contribution in [-0.2, 0) is 23.9 Å². The van der Waals surface area contributed by atoms with Crippen LogP contribution in [0.2, 0.25) is 0 Å². The monoisotopic (exact) mass is 408 g/mol. The van der Waals surface area contributed by atoms with Crippen molar-refractivity contribution >= 4 is 23.9 Å². The number of alkyl halides is 6. The summed E-state index contributed by atoms with van der Waals surface area (Å²) in [6.45, 7) is 0. The average molecular weight is 408 g/mol. The van der Waals surface area contributed by atoms with Gasteiger partial charge < -0.3 is 20.4 Å². The maximum Gasteiger partial charge on any atom is 0.483 e. The van der Waals surface area contributed by atoms with Gasteiger partial charge in [-0.05, 0) is 12.2 Å². The molecular formula is C12H6F6O9. The summed E-state index contributed by atoms with van der Waals surface area (Å²) in [5, 5.41) is 35.5. The van der Waals surface area contributed by atoms with Gasteiger partial charge in [0.15, 0.2) is 0 Å². The van der Waals surface area contributed by atoms with E-state index in [0.29, 0.717) is 0 Å². The molecule has 0 aromatic carbocycles. The van der Waals surface area contributed by atoms with E-state index >= 15 is 0 Å². The van der Waals surface area contributed by atoms with Crippen LogP contribution in [0.3, 0.4) is 0 Å². The number of carboxylic acids is 4. The van der Waals surface area contributed by atoms with E-state index in [2.05, 4.69) is 4.74 Å². The van der Waals surface area contributed by atoms with E-state index in [1.807, 2.05) is 0 Å². The zero-order valence-corrected chi connectivity index (χ0v) is 12.3. The highest BCUT2D eigenvalue weighted by molar-refractivity contribution is 6.08. The van der Waals surface area contributed by atoms with Crippen molar-refractivity contribution in [1.82, 2.24) is 0 Å². The number of hydrogen-bond donors (Lipinski definition) is 4. The second kappa shape index (κ2) is 6.26. The molecule has 1 aliphatic carbocycles. The molecule has 2 unspecified atom stereocenters. The minimum atomic E-state index is -6.59. The molecule has 2 atom stereocenters. The Morgan fingerprint density at radius 2 is 1.26 bits per heavy atom. The van der Waals surface area contributed by atoms with Gasteiger partial charge in [-0.1, -0.05) is 0 Å². The summed E-state index contributed by atoms with van der Waals surface area (Å²) in [6, 6.07) is 0. The lowest BCUT2D eigenvalue weighted by molar-refractivity contribution is -0.405. The highest BCUT2D eigenvalue weighted by Gasteiger charge is 2.67. The van der Waals surface area contributed by atoms with Crippen molar-refractivity contribution < 1.29 is 70.7 Å². The lowest BCUT2D eigenvalue weighted by atomic mass is 9.77. The number of hydrogen-bond acceptors (Lipinski definition) is 5. The highest BCUT2D eigenvalue weighted by Crippen LogP contribution is 2.46. The summed E-state index contributed by atoms with van der Waals surface area (Å²) in [5.41, 5.74) is -13.0. The van der Waals surface area contributed by atoms with Crippen LogP contribution in [-0.4, -0.2) is 67.9 Å². The Morgan fingerprint density at radius 3 is 1.56 bits per heavy atom. The lowest BCUT2D eigenvalue weighted by Gasteiger charge is -2.36. The molecule has 1 rings (SSSR count).